The van der Waals surface area contributed by atoms with Gasteiger partial charge in [-0.3, -0.25) is 0 Å². The molecule has 0 amide bonds. The van der Waals surface area contributed by atoms with Gasteiger partial charge in [-0.1, -0.05) is 118 Å². The van der Waals surface area contributed by atoms with Crippen molar-refractivity contribution in [1.29, 1.82) is 0 Å². The van der Waals surface area contributed by atoms with Crippen LogP contribution in [-0.2, 0) is 0 Å². The average molecular weight is 401 g/mol. The van der Waals surface area contributed by atoms with Gasteiger partial charge >= 0.3 is 0 Å². The van der Waals surface area contributed by atoms with Gasteiger partial charge in [0.05, 0.1) is 0 Å². The van der Waals surface area contributed by atoms with Crippen LogP contribution >= 0.6 is 0 Å². The maximum atomic E-state index is 3.55. The summed E-state index contributed by atoms with van der Waals surface area (Å²) in [4.78, 5) is 0. The lowest BCUT2D eigenvalue weighted by atomic mass is 10.3. The summed E-state index contributed by atoms with van der Waals surface area (Å²) in [5.74, 6) is 0. The summed E-state index contributed by atoms with van der Waals surface area (Å²) in [5, 5.41) is 0. The Morgan fingerprint density at radius 1 is 0.500 bits per heavy atom. The van der Waals surface area contributed by atoms with Gasteiger partial charge in [0.2, 0.25) is 0 Å². The minimum absolute atomic E-state index is 0. The number of rotatable bonds is 6. The molecule has 0 fully saturated rings. The SMILES string of the molecule is C.C.C.C.C/C=C/C.C/C=C/CCC.C/C=C/CCC.C=CC.C=CCCC. The molecule has 0 unspecified atom stereocenters. The molecule has 0 rings (SSSR count). The smallest absolute Gasteiger partial charge is 0.0353 e. The molecule has 0 saturated heterocycles. The second-order valence-electron chi connectivity index (χ2n) is 4.87. The Labute approximate surface area is 185 Å². The predicted octanol–water partition coefficient (Wildman–Crippen LogP) is 12.0. The topological polar surface area (TPSA) is 0 Å². The molecular formula is C28H64. The molecule has 0 aliphatic rings. The zero-order chi connectivity index (χ0) is 19.9. The summed E-state index contributed by atoms with van der Waals surface area (Å²) in [6.07, 6.45) is 23.6. The molecule has 176 valence electrons. The van der Waals surface area contributed by atoms with E-state index in [1.165, 1.54) is 32.1 Å². The van der Waals surface area contributed by atoms with Crippen LogP contribution in [0.5, 0.6) is 0 Å². The van der Waals surface area contributed by atoms with E-state index in [0.29, 0.717) is 0 Å². The van der Waals surface area contributed by atoms with Crippen molar-refractivity contribution in [2.24, 2.45) is 0 Å². The molecule has 0 saturated carbocycles. The standard InChI is InChI=1S/2C6H12.C5H10.C4H8.C3H6.4CH4/c2*1-3-5-6-4-2;1-3-5-4-2;1-3-4-2;1-3-2;;;;/h2*3,5H,4,6H2,1-2H3;3H,1,4-5H2,2H3;3-4H,1-2H3;3H,1H2,2H3;4*1H4/b2*5-3+;;4-3+;;;;;. The van der Waals surface area contributed by atoms with Gasteiger partial charge in [-0.25, -0.2) is 0 Å². The first-order valence-electron chi connectivity index (χ1n) is 9.55. The van der Waals surface area contributed by atoms with Crippen LogP contribution in [-0.4, -0.2) is 0 Å². The van der Waals surface area contributed by atoms with Crippen molar-refractivity contribution in [2.45, 2.75) is 124 Å². The maximum Gasteiger partial charge on any atom is -0.0353 e. The fourth-order valence-corrected chi connectivity index (χ4v) is 0.871. The third-order valence-electron chi connectivity index (χ3n) is 2.21. The minimum atomic E-state index is 0. The molecule has 0 radical (unpaired) electrons. The molecule has 0 N–H and O–H groups in total. The van der Waals surface area contributed by atoms with Crippen molar-refractivity contribution in [2.75, 3.05) is 0 Å². The second-order valence-corrected chi connectivity index (χ2v) is 4.87. The monoisotopic (exact) mass is 401 g/mol. The van der Waals surface area contributed by atoms with Crippen LogP contribution in [0.3, 0.4) is 0 Å². The summed E-state index contributed by atoms with van der Waals surface area (Å²) < 4.78 is 0. The average Bonchev–Trinajstić information content (AvgIpc) is 2.61. The Morgan fingerprint density at radius 3 is 0.786 bits per heavy atom. The number of allylic oxidation sites excluding steroid dienone is 8. The molecule has 0 spiro atoms. The third kappa shape index (κ3) is 234. The Kier molecular flexibility index (Phi) is 195. The number of unbranched alkanes of at least 4 members (excludes halogenated alkanes) is 3. The van der Waals surface area contributed by atoms with E-state index in [2.05, 4.69) is 72.1 Å². The molecule has 0 nitrogen and oxygen atoms in total. The molecule has 28 heavy (non-hydrogen) atoms. The van der Waals surface area contributed by atoms with E-state index < -0.39 is 0 Å². The highest BCUT2D eigenvalue weighted by molar-refractivity contribution is 4.75. The van der Waals surface area contributed by atoms with Crippen molar-refractivity contribution >= 4 is 0 Å². The minimum Gasteiger partial charge on any atom is -0.103 e. The molecule has 0 atom stereocenters. The van der Waals surface area contributed by atoms with E-state index in [1.807, 2.05) is 39.0 Å². The van der Waals surface area contributed by atoms with Crippen molar-refractivity contribution in [3.8, 4) is 0 Å². The van der Waals surface area contributed by atoms with Gasteiger partial charge < -0.3 is 0 Å². The molecule has 0 aromatic carbocycles. The zero-order valence-corrected chi connectivity index (χ0v) is 18.3. The summed E-state index contributed by atoms with van der Waals surface area (Å²) in [5.41, 5.74) is 0. The van der Waals surface area contributed by atoms with E-state index >= 15 is 0 Å². The summed E-state index contributed by atoms with van der Waals surface area (Å²) >= 11 is 0. The Hall–Kier alpha value is -1.30. The largest absolute Gasteiger partial charge is 0.103 e. The molecule has 0 aliphatic heterocycles. The number of hydrogen-bond donors (Lipinski definition) is 0. The highest BCUT2D eigenvalue weighted by atomic mass is 13.7. The van der Waals surface area contributed by atoms with Crippen LogP contribution in [0.4, 0.5) is 0 Å². The first-order chi connectivity index (χ1) is 11.6. The van der Waals surface area contributed by atoms with Crippen molar-refractivity contribution < 1.29 is 0 Å². The highest BCUT2D eigenvalue weighted by Crippen LogP contribution is 1.86. The van der Waals surface area contributed by atoms with Gasteiger partial charge in [0.1, 0.15) is 0 Å². The highest BCUT2D eigenvalue weighted by Gasteiger charge is 1.65. The third-order valence-corrected chi connectivity index (χ3v) is 2.21. The van der Waals surface area contributed by atoms with Crippen LogP contribution in [0.25, 0.3) is 0 Å². The van der Waals surface area contributed by atoms with Crippen LogP contribution < -0.4 is 0 Å². The second kappa shape index (κ2) is 97.2. The Bertz CT molecular complexity index is 223. The van der Waals surface area contributed by atoms with Gasteiger partial charge in [0.15, 0.2) is 0 Å². The van der Waals surface area contributed by atoms with Crippen molar-refractivity contribution in [3.63, 3.8) is 0 Å². The van der Waals surface area contributed by atoms with Gasteiger partial charge in [-0.2, -0.15) is 0 Å². The fourth-order valence-electron chi connectivity index (χ4n) is 0.871. The molecule has 0 aromatic rings. The van der Waals surface area contributed by atoms with Gasteiger partial charge in [-0.05, 0) is 53.9 Å². The zero-order valence-electron chi connectivity index (χ0n) is 18.3. The molecule has 0 bridgehead atoms. The summed E-state index contributed by atoms with van der Waals surface area (Å²) in [6, 6.07) is 0. The van der Waals surface area contributed by atoms with E-state index in [1.54, 1.807) is 6.08 Å². The first kappa shape index (κ1) is 56.3. The fraction of sp³-hybridized carbons (Fsp3) is 0.643. The number of hydrogen-bond acceptors (Lipinski definition) is 0. The van der Waals surface area contributed by atoms with Crippen LogP contribution in [0.1, 0.15) is 124 Å². The Balaban J connectivity index is -0.0000000226. The van der Waals surface area contributed by atoms with Crippen molar-refractivity contribution in [3.05, 3.63) is 61.8 Å². The maximum absolute atomic E-state index is 3.55. The Morgan fingerprint density at radius 2 is 0.750 bits per heavy atom. The lowest BCUT2D eigenvalue weighted by Crippen LogP contribution is -1.55. The molecular weight excluding hydrogens is 336 g/mol. The lowest BCUT2D eigenvalue weighted by Gasteiger charge is -1.76. The quantitative estimate of drug-likeness (QED) is 0.389. The van der Waals surface area contributed by atoms with Crippen molar-refractivity contribution in [1.82, 2.24) is 0 Å². The molecule has 0 aliphatic carbocycles. The first-order valence-corrected chi connectivity index (χ1v) is 9.55. The van der Waals surface area contributed by atoms with Crippen LogP contribution in [0, 0.1) is 0 Å². The normalized spacial score (nSPS) is 7.57. The summed E-state index contributed by atoms with van der Waals surface area (Å²) in [7, 11) is 0. The van der Waals surface area contributed by atoms with Crippen LogP contribution in [0.15, 0.2) is 61.8 Å². The van der Waals surface area contributed by atoms with Gasteiger partial charge in [-0.15, -0.1) is 13.2 Å². The summed E-state index contributed by atoms with van der Waals surface area (Å²) in [6.45, 7) is 23.4. The van der Waals surface area contributed by atoms with E-state index in [4.69, 9.17) is 0 Å². The van der Waals surface area contributed by atoms with Gasteiger partial charge in [0, 0.05) is 0 Å². The molecule has 0 heteroatoms. The van der Waals surface area contributed by atoms with E-state index in [-0.39, 0.29) is 29.7 Å². The molecule has 0 aromatic heterocycles. The molecule has 0 heterocycles. The van der Waals surface area contributed by atoms with Crippen LogP contribution in [0.2, 0.25) is 0 Å². The van der Waals surface area contributed by atoms with E-state index in [9.17, 15) is 0 Å². The predicted molar refractivity (Wildman–Crippen MR) is 148 cm³/mol. The van der Waals surface area contributed by atoms with Gasteiger partial charge in [0.25, 0.3) is 0 Å². The van der Waals surface area contributed by atoms with E-state index in [0.717, 1.165) is 6.42 Å². The lowest BCUT2D eigenvalue weighted by molar-refractivity contribution is 0.957.